The lowest BCUT2D eigenvalue weighted by Crippen LogP contribution is -2.08. The average Bonchev–Trinajstić information content (AvgIpc) is 2.95. The first-order valence-electron chi connectivity index (χ1n) is 6.92. The van der Waals surface area contributed by atoms with Gasteiger partial charge < -0.3 is 4.74 Å². The van der Waals surface area contributed by atoms with Gasteiger partial charge in [-0.05, 0) is 25.0 Å². The number of ether oxygens (including phenoxy) is 1. The number of aromatic nitrogens is 4. The van der Waals surface area contributed by atoms with Crippen molar-refractivity contribution in [1.82, 2.24) is 19.4 Å². The molecule has 0 bridgehead atoms. The highest BCUT2D eigenvalue weighted by Crippen LogP contribution is 2.38. The summed E-state index contributed by atoms with van der Waals surface area (Å²) in [4.78, 5) is 13.4. The Kier molecular flexibility index (Phi) is 4.26. The minimum atomic E-state index is -0.191. The fraction of sp³-hybridized carbons (Fsp3) is 0.267. The highest BCUT2D eigenvalue weighted by Gasteiger charge is 2.17. The van der Waals surface area contributed by atoms with Gasteiger partial charge in [-0.15, -0.1) is 25.3 Å². The second-order valence-electron chi connectivity index (χ2n) is 4.93. The molecule has 1 atom stereocenters. The molecule has 0 saturated carbocycles. The number of benzene rings is 1. The Hall–Kier alpha value is -1.73. The summed E-state index contributed by atoms with van der Waals surface area (Å²) in [6, 6.07) is 3.98. The van der Waals surface area contributed by atoms with Gasteiger partial charge in [-0.25, -0.2) is 15.0 Å². The molecule has 2 aromatic heterocycles. The van der Waals surface area contributed by atoms with Crippen molar-refractivity contribution in [1.29, 1.82) is 0 Å². The van der Waals surface area contributed by atoms with Gasteiger partial charge in [-0.2, -0.15) is 0 Å². The van der Waals surface area contributed by atoms with Crippen molar-refractivity contribution in [2.24, 2.45) is 0 Å². The molecule has 0 aliphatic rings. The third kappa shape index (κ3) is 2.78. The van der Waals surface area contributed by atoms with E-state index < -0.39 is 0 Å². The maximum Gasteiger partial charge on any atom is 0.237 e. The van der Waals surface area contributed by atoms with Crippen LogP contribution in [0.1, 0.15) is 18.9 Å². The number of nitrogens with zero attached hydrogens (tertiary/aromatic N) is 4. The lowest BCUT2D eigenvalue weighted by atomic mass is 10.1. The van der Waals surface area contributed by atoms with E-state index in [-0.39, 0.29) is 5.44 Å². The molecule has 0 N–H and O–H groups in total. The summed E-state index contributed by atoms with van der Waals surface area (Å²) < 4.78 is 7.73. The van der Waals surface area contributed by atoms with Gasteiger partial charge in [0.05, 0.1) is 5.69 Å². The van der Waals surface area contributed by atoms with Gasteiger partial charge in [0.2, 0.25) is 5.78 Å². The number of imidazole rings is 1. The SMILES string of the molecule is CCC(S)Oc1c(-c2cn3cncnc3n2)ccc(C)c1S. The molecule has 3 rings (SSSR count). The summed E-state index contributed by atoms with van der Waals surface area (Å²) in [6.07, 6.45) is 5.81. The smallest absolute Gasteiger partial charge is 0.237 e. The van der Waals surface area contributed by atoms with E-state index in [0.29, 0.717) is 11.5 Å². The van der Waals surface area contributed by atoms with Crippen LogP contribution in [0.5, 0.6) is 5.75 Å². The van der Waals surface area contributed by atoms with Crippen molar-refractivity contribution in [2.45, 2.75) is 30.6 Å². The van der Waals surface area contributed by atoms with Crippen molar-refractivity contribution < 1.29 is 4.74 Å². The molecule has 22 heavy (non-hydrogen) atoms. The van der Waals surface area contributed by atoms with E-state index in [4.69, 9.17) is 4.74 Å². The van der Waals surface area contributed by atoms with Gasteiger partial charge >= 0.3 is 0 Å². The molecule has 1 aromatic carbocycles. The van der Waals surface area contributed by atoms with Gasteiger partial charge in [-0.1, -0.05) is 13.0 Å². The van der Waals surface area contributed by atoms with Crippen molar-refractivity contribution >= 4 is 31.0 Å². The highest BCUT2D eigenvalue weighted by atomic mass is 32.1. The zero-order valence-corrected chi connectivity index (χ0v) is 14.1. The Morgan fingerprint density at radius 1 is 1.36 bits per heavy atom. The van der Waals surface area contributed by atoms with Crippen LogP contribution in [0.4, 0.5) is 0 Å². The van der Waals surface area contributed by atoms with Crippen molar-refractivity contribution in [3.8, 4) is 17.0 Å². The molecular weight excluding hydrogens is 316 g/mol. The van der Waals surface area contributed by atoms with Gasteiger partial charge in [0, 0.05) is 16.7 Å². The van der Waals surface area contributed by atoms with Gasteiger partial charge in [-0.3, -0.25) is 4.40 Å². The molecule has 0 aliphatic heterocycles. The fourth-order valence-electron chi connectivity index (χ4n) is 2.09. The van der Waals surface area contributed by atoms with E-state index >= 15 is 0 Å². The van der Waals surface area contributed by atoms with Crippen molar-refractivity contribution in [3.05, 3.63) is 36.5 Å². The maximum absolute atomic E-state index is 5.96. The first-order valence-corrected chi connectivity index (χ1v) is 7.89. The minimum Gasteiger partial charge on any atom is -0.478 e. The summed E-state index contributed by atoms with van der Waals surface area (Å²) in [7, 11) is 0. The predicted molar refractivity (Wildman–Crippen MR) is 91.9 cm³/mol. The van der Waals surface area contributed by atoms with Crippen LogP contribution in [-0.2, 0) is 0 Å². The molecule has 0 aliphatic carbocycles. The average molecular weight is 332 g/mol. The molecule has 3 aromatic rings. The maximum atomic E-state index is 5.96. The van der Waals surface area contributed by atoms with E-state index in [2.05, 4.69) is 40.2 Å². The van der Waals surface area contributed by atoms with Crippen molar-refractivity contribution in [3.63, 3.8) is 0 Å². The Balaban J connectivity index is 2.14. The number of rotatable bonds is 4. The fourth-order valence-corrected chi connectivity index (χ4v) is 2.44. The van der Waals surface area contributed by atoms with Crippen LogP contribution in [0.25, 0.3) is 17.0 Å². The quantitative estimate of drug-likeness (QED) is 0.568. The van der Waals surface area contributed by atoms with Gasteiger partial charge in [0.25, 0.3) is 0 Å². The normalized spacial score (nSPS) is 12.5. The Morgan fingerprint density at radius 2 is 2.18 bits per heavy atom. The highest BCUT2D eigenvalue weighted by molar-refractivity contribution is 7.81. The molecule has 2 heterocycles. The van der Waals surface area contributed by atoms with Gasteiger partial charge in [0.1, 0.15) is 23.8 Å². The van der Waals surface area contributed by atoms with E-state index in [1.165, 1.54) is 6.33 Å². The molecule has 5 nitrogen and oxygen atoms in total. The summed E-state index contributed by atoms with van der Waals surface area (Å²) in [6.45, 7) is 4.01. The standard InChI is InChI=1S/C15H16N4OS2/c1-3-12(21)20-13-10(5-4-9(2)14(13)22)11-6-19-8-16-7-17-15(19)18-11/h4-8,12,21-22H,3H2,1-2H3. The Morgan fingerprint density at radius 3 is 2.91 bits per heavy atom. The van der Waals surface area contributed by atoms with Crippen LogP contribution in [0.2, 0.25) is 0 Å². The molecule has 0 spiro atoms. The zero-order chi connectivity index (χ0) is 15.7. The monoisotopic (exact) mass is 332 g/mol. The molecule has 0 radical (unpaired) electrons. The second kappa shape index (κ2) is 6.18. The predicted octanol–water partition coefficient (Wildman–Crippen LogP) is 3.43. The molecule has 7 heteroatoms. The Bertz CT molecular complexity index is 785. The van der Waals surface area contributed by atoms with Crippen LogP contribution in [0.15, 0.2) is 35.9 Å². The summed E-state index contributed by atoms with van der Waals surface area (Å²) in [5, 5.41) is 0. The van der Waals surface area contributed by atoms with Crippen LogP contribution < -0.4 is 4.74 Å². The molecule has 0 amide bonds. The number of thiol groups is 2. The van der Waals surface area contributed by atoms with E-state index in [1.54, 1.807) is 10.7 Å². The van der Waals surface area contributed by atoms with Crippen LogP contribution in [0.3, 0.4) is 0 Å². The van der Waals surface area contributed by atoms with Crippen LogP contribution >= 0.6 is 25.3 Å². The molecule has 114 valence electrons. The zero-order valence-electron chi connectivity index (χ0n) is 12.3. The summed E-state index contributed by atoms with van der Waals surface area (Å²) in [5.41, 5.74) is 2.49. The van der Waals surface area contributed by atoms with Crippen molar-refractivity contribution in [2.75, 3.05) is 0 Å². The van der Waals surface area contributed by atoms with E-state index in [9.17, 15) is 0 Å². The summed E-state index contributed by atoms with van der Waals surface area (Å²) in [5.74, 6) is 1.29. The van der Waals surface area contributed by atoms with Gasteiger partial charge in [0.15, 0.2) is 0 Å². The lowest BCUT2D eigenvalue weighted by Gasteiger charge is -2.17. The van der Waals surface area contributed by atoms with E-state index in [1.807, 2.05) is 32.2 Å². The third-order valence-electron chi connectivity index (χ3n) is 3.36. The molecule has 0 fully saturated rings. The number of hydrogen-bond acceptors (Lipinski definition) is 6. The molecule has 1 unspecified atom stereocenters. The van der Waals surface area contributed by atoms with Crippen LogP contribution in [-0.4, -0.2) is 24.8 Å². The third-order valence-corrected chi connectivity index (χ3v) is 4.38. The largest absolute Gasteiger partial charge is 0.478 e. The van der Waals surface area contributed by atoms with Crippen LogP contribution in [0, 0.1) is 6.92 Å². The van der Waals surface area contributed by atoms with E-state index in [0.717, 1.165) is 28.1 Å². The molecular formula is C15H16N4OS2. The number of aryl methyl sites for hydroxylation is 1. The Labute approximate surface area is 139 Å². The molecule has 0 saturated heterocycles. The first-order chi connectivity index (χ1) is 10.6. The second-order valence-corrected chi connectivity index (χ2v) is 5.95. The topological polar surface area (TPSA) is 52.3 Å². The number of fused-ring (bicyclic) bond motifs is 1. The summed E-state index contributed by atoms with van der Waals surface area (Å²) >= 11 is 9.01. The minimum absolute atomic E-state index is 0.191. The first kappa shape index (κ1) is 15.2. The lowest BCUT2D eigenvalue weighted by molar-refractivity contribution is 0.280. The number of hydrogen-bond donors (Lipinski definition) is 2.